The van der Waals surface area contributed by atoms with Gasteiger partial charge in [-0.15, -0.1) is 11.3 Å². The Hall–Kier alpha value is -1.89. The topological polar surface area (TPSA) is 84.5 Å². The van der Waals surface area contributed by atoms with Gasteiger partial charge in [0, 0.05) is 13.0 Å². The number of amides is 2. The minimum Gasteiger partial charge on any atom is -0.469 e. The van der Waals surface area contributed by atoms with Crippen LogP contribution >= 0.6 is 11.3 Å². The maximum Gasteiger partial charge on any atom is 0.305 e. The van der Waals surface area contributed by atoms with Crippen LogP contribution in [0.2, 0.25) is 0 Å². The van der Waals surface area contributed by atoms with Gasteiger partial charge in [0.15, 0.2) is 0 Å². The van der Waals surface area contributed by atoms with Gasteiger partial charge in [0.2, 0.25) is 5.91 Å². The molecule has 0 aromatic carbocycles. The fraction of sp³-hybridized carbons (Fsp3) is 0.533. The Bertz CT molecular complexity index is 500. The predicted octanol–water partition coefficient (Wildman–Crippen LogP) is 1.57. The van der Waals surface area contributed by atoms with Crippen molar-refractivity contribution in [3.05, 3.63) is 22.4 Å². The van der Waals surface area contributed by atoms with Crippen LogP contribution in [0.15, 0.2) is 17.5 Å². The molecule has 1 aromatic rings. The molecule has 122 valence electrons. The second-order valence-electron chi connectivity index (χ2n) is 5.14. The van der Waals surface area contributed by atoms with Crippen LogP contribution in [0.3, 0.4) is 0 Å². The average Bonchev–Trinajstić information content (AvgIpc) is 3.02. The van der Waals surface area contributed by atoms with Crippen LogP contribution in [0.1, 0.15) is 36.4 Å². The molecular formula is C15H22N2O4S. The Morgan fingerprint density at radius 2 is 2.05 bits per heavy atom. The van der Waals surface area contributed by atoms with Crippen molar-refractivity contribution in [1.82, 2.24) is 10.6 Å². The number of carbonyl (C=O) groups is 3. The van der Waals surface area contributed by atoms with Crippen molar-refractivity contribution >= 4 is 29.1 Å². The molecule has 0 unspecified atom stereocenters. The largest absolute Gasteiger partial charge is 0.469 e. The van der Waals surface area contributed by atoms with Gasteiger partial charge in [0.05, 0.1) is 12.0 Å². The molecule has 1 heterocycles. The molecule has 1 aromatic heterocycles. The van der Waals surface area contributed by atoms with Gasteiger partial charge in [-0.05, 0) is 23.8 Å². The van der Waals surface area contributed by atoms with E-state index in [1.54, 1.807) is 12.1 Å². The summed E-state index contributed by atoms with van der Waals surface area (Å²) in [5.41, 5.74) is 0. The number of esters is 1. The van der Waals surface area contributed by atoms with E-state index < -0.39 is 6.04 Å². The number of rotatable bonds is 8. The van der Waals surface area contributed by atoms with Crippen molar-refractivity contribution in [2.24, 2.45) is 5.92 Å². The maximum atomic E-state index is 12.2. The molecule has 0 bridgehead atoms. The van der Waals surface area contributed by atoms with E-state index in [-0.39, 0.29) is 30.1 Å². The van der Waals surface area contributed by atoms with Crippen LogP contribution in [-0.2, 0) is 14.3 Å². The molecule has 0 saturated heterocycles. The highest BCUT2D eigenvalue weighted by Gasteiger charge is 2.24. The molecule has 0 aliphatic rings. The Labute approximate surface area is 134 Å². The molecule has 6 nitrogen and oxygen atoms in total. The van der Waals surface area contributed by atoms with E-state index in [0.717, 1.165) is 0 Å². The third-order valence-electron chi connectivity index (χ3n) is 3.07. The van der Waals surface area contributed by atoms with E-state index in [2.05, 4.69) is 15.4 Å². The first-order valence-corrected chi connectivity index (χ1v) is 8.02. The lowest BCUT2D eigenvalue weighted by atomic mass is 10.0. The molecule has 7 heteroatoms. The summed E-state index contributed by atoms with van der Waals surface area (Å²) in [4.78, 5) is 35.8. The first-order chi connectivity index (χ1) is 10.5. The standard InChI is InChI=1S/C15H22N2O4S/c1-10(2)13(17-14(19)11-6-5-9-22-11)15(20)16-8-4-7-12(18)21-3/h5-6,9-10,13H,4,7-8H2,1-3H3,(H,16,20)(H,17,19)/t13-/m1/s1. The van der Waals surface area contributed by atoms with Crippen LogP contribution in [-0.4, -0.2) is 37.5 Å². The molecule has 0 radical (unpaired) electrons. The minimum absolute atomic E-state index is 0.0375. The molecular weight excluding hydrogens is 304 g/mol. The fourth-order valence-corrected chi connectivity index (χ4v) is 2.44. The average molecular weight is 326 g/mol. The van der Waals surface area contributed by atoms with Crippen molar-refractivity contribution in [2.75, 3.05) is 13.7 Å². The Balaban J connectivity index is 2.46. The second-order valence-corrected chi connectivity index (χ2v) is 6.09. The lowest BCUT2D eigenvalue weighted by Gasteiger charge is -2.21. The van der Waals surface area contributed by atoms with E-state index in [0.29, 0.717) is 17.8 Å². The summed E-state index contributed by atoms with van der Waals surface area (Å²) in [5, 5.41) is 7.30. The highest BCUT2D eigenvalue weighted by atomic mass is 32.1. The van der Waals surface area contributed by atoms with Crippen molar-refractivity contribution < 1.29 is 19.1 Å². The van der Waals surface area contributed by atoms with E-state index >= 15 is 0 Å². The number of ether oxygens (including phenoxy) is 1. The van der Waals surface area contributed by atoms with Crippen molar-refractivity contribution in [3.8, 4) is 0 Å². The van der Waals surface area contributed by atoms with Crippen LogP contribution < -0.4 is 10.6 Å². The van der Waals surface area contributed by atoms with Gasteiger partial charge in [-0.2, -0.15) is 0 Å². The van der Waals surface area contributed by atoms with Gasteiger partial charge in [0.25, 0.3) is 5.91 Å². The third-order valence-corrected chi connectivity index (χ3v) is 3.93. The van der Waals surface area contributed by atoms with Gasteiger partial charge in [-0.1, -0.05) is 19.9 Å². The molecule has 22 heavy (non-hydrogen) atoms. The van der Waals surface area contributed by atoms with Gasteiger partial charge in [0.1, 0.15) is 6.04 Å². The summed E-state index contributed by atoms with van der Waals surface area (Å²) in [6.45, 7) is 4.10. The summed E-state index contributed by atoms with van der Waals surface area (Å²) >= 11 is 1.33. The van der Waals surface area contributed by atoms with Gasteiger partial charge >= 0.3 is 5.97 Å². The van der Waals surface area contributed by atoms with Gasteiger partial charge in [-0.3, -0.25) is 14.4 Å². The quantitative estimate of drug-likeness (QED) is 0.561. The van der Waals surface area contributed by atoms with Crippen molar-refractivity contribution in [1.29, 1.82) is 0 Å². The molecule has 2 N–H and O–H groups in total. The molecule has 0 saturated carbocycles. The highest BCUT2D eigenvalue weighted by Crippen LogP contribution is 2.10. The van der Waals surface area contributed by atoms with Crippen LogP contribution in [0, 0.1) is 5.92 Å². The predicted molar refractivity (Wildman–Crippen MR) is 84.7 cm³/mol. The molecule has 0 aliphatic heterocycles. The molecule has 0 spiro atoms. The monoisotopic (exact) mass is 326 g/mol. The number of carbonyl (C=O) groups excluding carboxylic acids is 3. The summed E-state index contributed by atoms with van der Waals surface area (Å²) in [7, 11) is 1.33. The zero-order chi connectivity index (χ0) is 16.5. The second kappa shape index (κ2) is 9.19. The number of methoxy groups -OCH3 is 1. The number of nitrogens with one attached hydrogen (secondary N) is 2. The first-order valence-electron chi connectivity index (χ1n) is 7.14. The van der Waals surface area contributed by atoms with Gasteiger partial charge in [-0.25, -0.2) is 0 Å². The van der Waals surface area contributed by atoms with Crippen LogP contribution in [0.4, 0.5) is 0 Å². The molecule has 1 rings (SSSR count). The van der Waals surface area contributed by atoms with E-state index in [1.807, 2.05) is 19.2 Å². The molecule has 0 fully saturated rings. The van der Waals surface area contributed by atoms with Crippen LogP contribution in [0.5, 0.6) is 0 Å². The molecule has 2 amide bonds. The maximum absolute atomic E-state index is 12.2. The zero-order valence-corrected chi connectivity index (χ0v) is 13.9. The van der Waals surface area contributed by atoms with E-state index in [1.165, 1.54) is 18.4 Å². The smallest absolute Gasteiger partial charge is 0.305 e. The zero-order valence-electron chi connectivity index (χ0n) is 13.0. The first kappa shape index (κ1) is 18.2. The number of hydrogen-bond donors (Lipinski definition) is 2. The Morgan fingerprint density at radius 3 is 2.59 bits per heavy atom. The lowest BCUT2D eigenvalue weighted by Crippen LogP contribution is -2.49. The lowest BCUT2D eigenvalue weighted by molar-refractivity contribution is -0.140. The van der Waals surface area contributed by atoms with Gasteiger partial charge < -0.3 is 15.4 Å². The van der Waals surface area contributed by atoms with Crippen molar-refractivity contribution in [3.63, 3.8) is 0 Å². The Morgan fingerprint density at radius 1 is 1.32 bits per heavy atom. The SMILES string of the molecule is COC(=O)CCCNC(=O)[C@H](NC(=O)c1cccs1)C(C)C. The Kier molecular flexibility index (Phi) is 7.59. The summed E-state index contributed by atoms with van der Waals surface area (Å²) in [6.07, 6.45) is 0.757. The van der Waals surface area contributed by atoms with Crippen LogP contribution in [0.25, 0.3) is 0 Å². The summed E-state index contributed by atoms with van der Waals surface area (Å²) in [5.74, 6) is -0.839. The van der Waals surface area contributed by atoms with E-state index in [4.69, 9.17) is 0 Å². The molecule has 1 atom stereocenters. The summed E-state index contributed by atoms with van der Waals surface area (Å²) < 4.78 is 4.53. The normalized spacial score (nSPS) is 11.8. The number of thiophene rings is 1. The summed E-state index contributed by atoms with van der Waals surface area (Å²) in [6, 6.07) is 2.90. The minimum atomic E-state index is -0.604. The fourth-order valence-electron chi connectivity index (χ4n) is 1.81. The molecule has 0 aliphatic carbocycles. The third kappa shape index (κ3) is 5.85. The highest BCUT2D eigenvalue weighted by molar-refractivity contribution is 7.12. The van der Waals surface area contributed by atoms with E-state index in [9.17, 15) is 14.4 Å². The van der Waals surface area contributed by atoms with Crippen molar-refractivity contribution in [2.45, 2.75) is 32.7 Å². The number of hydrogen-bond acceptors (Lipinski definition) is 5.